The van der Waals surface area contributed by atoms with Gasteiger partial charge in [-0.2, -0.15) is 0 Å². The summed E-state index contributed by atoms with van der Waals surface area (Å²) in [7, 11) is 0. The summed E-state index contributed by atoms with van der Waals surface area (Å²) in [5.74, 6) is -1.54. The molecule has 0 radical (unpaired) electrons. The fourth-order valence-electron chi connectivity index (χ4n) is 7.83. The maximum atomic E-state index is 14.4. The van der Waals surface area contributed by atoms with E-state index >= 15 is 0 Å². The van der Waals surface area contributed by atoms with Crippen LogP contribution in [0.3, 0.4) is 0 Å². The standard InChI is InChI=1S/C40H60N4O4/c1-9-13-17-21-29(7)41(27(5)19-15-11-3)43-37(45)31-23-25-33-36-34(26-24-32(35(31)36)38(43)46)40(48)44(39(33)47)42(28(6)20-16-12-4)30(8)22-18-14-10-2/h23-30H,9-22H2,1-8H3. The third-order valence-electron chi connectivity index (χ3n) is 10.5. The summed E-state index contributed by atoms with van der Waals surface area (Å²) in [5, 5.41) is 7.60. The molecule has 8 nitrogen and oxygen atoms in total. The first-order chi connectivity index (χ1) is 23.0. The van der Waals surface area contributed by atoms with Crippen molar-refractivity contribution in [3.05, 3.63) is 46.5 Å². The summed E-state index contributed by atoms with van der Waals surface area (Å²) in [5.41, 5.74) is 1.48. The van der Waals surface area contributed by atoms with Gasteiger partial charge in [0.2, 0.25) is 0 Å². The van der Waals surface area contributed by atoms with Gasteiger partial charge in [0, 0.05) is 34.9 Å². The predicted octanol–water partition coefficient (Wildman–Crippen LogP) is 9.56. The average Bonchev–Trinajstić information content (AvgIpc) is 3.07. The van der Waals surface area contributed by atoms with E-state index in [1.807, 2.05) is 10.0 Å². The molecule has 0 bridgehead atoms. The van der Waals surface area contributed by atoms with Gasteiger partial charge in [0.25, 0.3) is 23.6 Å². The largest absolute Gasteiger partial charge is 0.276 e. The van der Waals surface area contributed by atoms with Gasteiger partial charge >= 0.3 is 0 Å². The zero-order chi connectivity index (χ0) is 35.1. The smallest absolute Gasteiger partial charge is 0.267 e. The summed E-state index contributed by atoms with van der Waals surface area (Å²) in [6, 6.07) is 6.75. The quantitative estimate of drug-likeness (QED) is 0.104. The Morgan fingerprint density at radius 3 is 0.938 bits per heavy atom. The van der Waals surface area contributed by atoms with Gasteiger partial charge in [-0.15, -0.1) is 0 Å². The minimum Gasteiger partial charge on any atom is -0.267 e. The topological polar surface area (TPSA) is 81.2 Å². The second-order valence-electron chi connectivity index (χ2n) is 14.3. The van der Waals surface area contributed by atoms with Crippen molar-refractivity contribution in [1.29, 1.82) is 0 Å². The number of hydrogen-bond donors (Lipinski definition) is 0. The highest BCUT2D eigenvalue weighted by Gasteiger charge is 2.45. The van der Waals surface area contributed by atoms with Crippen molar-refractivity contribution in [2.45, 2.75) is 169 Å². The second kappa shape index (κ2) is 17.0. The second-order valence-corrected chi connectivity index (χ2v) is 14.3. The van der Waals surface area contributed by atoms with Gasteiger partial charge in [-0.05, 0) is 77.6 Å². The van der Waals surface area contributed by atoms with Gasteiger partial charge in [-0.3, -0.25) is 19.2 Å². The highest BCUT2D eigenvalue weighted by atomic mass is 16.2. The van der Waals surface area contributed by atoms with E-state index in [0.717, 1.165) is 89.9 Å². The third-order valence-corrected chi connectivity index (χ3v) is 10.5. The average molecular weight is 661 g/mol. The van der Waals surface area contributed by atoms with Crippen LogP contribution in [0.25, 0.3) is 10.8 Å². The molecule has 4 unspecified atom stereocenters. The van der Waals surface area contributed by atoms with Gasteiger partial charge in [0.1, 0.15) is 0 Å². The van der Waals surface area contributed by atoms with Gasteiger partial charge in [0.05, 0.1) is 22.3 Å². The molecule has 2 aromatic carbocycles. The Balaban J connectivity index is 1.78. The van der Waals surface area contributed by atoms with Crippen LogP contribution in [0.15, 0.2) is 24.3 Å². The zero-order valence-electron chi connectivity index (χ0n) is 30.9. The van der Waals surface area contributed by atoms with E-state index in [0.29, 0.717) is 33.0 Å². The summed E-state index contributed by atoms with van der Waals surface area (Å²) < 4.78 is 0. The number of unbranched alkanes of at least 4 members (excludes halogenated alkanes) is 6. The lowest BCUT2D eigenvalue weighted by Gasteiger charge is -2.45. The molecule has 0 spiro atoms. The molecule has 2 aromatic rings. The van der Waals surface area contributed by atoms with Crippen LogP contribution in [0.1, 0.15) is 187 Å². The number of carbonyl (C=O) groups is 4. The van der Waals surface area contributed by atoms with Crippen molar-refractivity contribution in [2.75, 3.05) is 0 Å². The highest BCUT2D eigenvalue weighted by Crippen LogP contribution is 2.40. The molecule has 4 atom stereocenters. The SMILES string of the molecule is CCCCCC(C)N(C(C)CCCC)N1C(=O)c2ccc3c4c(ccc(c24)C1=O)C(=O)N(N(C(C)CCCC)C(C)CCCCC)C3=O. The molecule has 0 aromatic heterocycles. The normalized spacial score (nSPS) is 17.2. The summed E-state index contributed by atoms with van der Waals surface area (Å²) >= 11 is 0. The van der Waals surface area contributed by atoms with Crippen LogP contribution in [0.4, 0.5) is 0 Å². The number of hydrazine groups is 2. The number of rotatable bonds is 20. The van der Waals surface area contributed by atoms with Gasteiger partial charge < -0.3 is 0 Å². The number of nitrogens with zero attached hydrogens (tertiary/aromatic N) is 4. The van der Waals surface area contributed by atoms with Gasteiger partial charge in [0.15, 0.2) is 0 Å². The minimum absolute atomic E-state index is 0.0116. The van der Waals surface area contributed by atoms with E-state index in [1.165, 1.54) is 10.0 Å². The first-order valence-corrected chi connectivity index (χ1v) is 19.0. The Bertz CT molecular complexity index is 1290. The van der Waals surface area contributed by atoms with Crippen LogP contribution in [-0.2, 0) is 0 Å². The molecule has 2 heterocycles. The Hall–Kier alpha value is -3.10. The molecule has 8 heteroatoms. The summed E-state index contributed by atoms with van der Waals surface area (Å²) in [4.78, 5) is 57.6. The first-order valence-electron chi connectivity index (χ1n) is 19.0. The van der Waals surface area contributed by atoms with Crippen molar-refractivity contribution >= 4 is 34.4 Å². The van der Waals surface area contributed by atoms with Crippen LogP contribution in [0.5, 0.6) is 0 Å². The molecule has 4 amide bonds. The highest BCUT2D eigenvalue weighted by molar-refractivity contribution is 6.33. The summed E-state index contributed by atoms with van der Waals surface area (Å²) in [6.45, 7) is 17.1. The molecule has 4 rings (SSSR count). The summed E-state index contributed by atoms with van der Waals surface area (Å²) in [6.07, 6.45) is 14.0. The Labute approximate surface area is 289 Å². The molecule has 0 saturated carbocycles. The van der Waals surface area contributed by atoms with E-state index < -0.39 is 0 Å². The monoisotopic (exact) mass is 660 g/mol. The molecule has 0 aliphatic carbocycles. The molecule has 2 aliphatic heterocycles. The van der Waals surface area contributed by atoms with Crippen LogP contribution >= 0.6 is 0 Å². The fourth-order valence-corrected chi connectivity index (χ4v) is 7.83. The minimum atomic E-state index is -0.386. The van der Waals surface area contributed by atoms with Crippen LogP contribution in [0, 0.1) is 0 Å². The fraction of sp³-hybridized carbons (Fsp3) is 0.650. The predicted molar refractivity (Wildman–Crippen MR) is 194 cm³/mol. The number of carbonyl (C=O) groups excluding carboxylic acids is 4. The molecular weight excluding hydrogens is 600 g/mol. The molecule has 0 fully saturated rings. The zero-order valence-corrected chi connectivity index (χ0v) is 30.9. The third kappa shape index (κ3) is 7.40. The maximum absolute atomic E-state index is 14.4. The van der Waals surface area contributed by atoms with Crippen molar-refractivity contribution in [2.24, 2.45) is 0 Å². The number of imide groups is 2. The first kappa shape index (κ1) is 37.7. The number of amides is 4. The van der Waals surface area contributed by atoms with Crippen molar-refractivity contribution < 1.29 is 19.2 Å². The van der Waals surface area contributed by atoms with Crippen LogP contribution < -0.4 is 0 Å². The van der Waals surface area contributed by atoms with E-state index in [4.69, 9.17) is 0 Å². The molecule has 0 N–H and O–H groups in total. The van der Waals surface area contributed by atoms with E-state index in [2.05, 4.69) is 55.4 Å². The molecule has 264 valence electrons. The maximum Gasteiger partial charge on any atom is 0.276 e. The number of hydrogen-bond acceptors (Lipinski definition) is 6. The Morgan fingerprint density at radius 1 is 0.438 bits per heavy atom. The molecule has 2 aliphatic rings. The van der Waals surface area contributed by atoms with E-state index in [-0.39, 0.29) is 47.8 Å². The lowest BCUT2D eigenvalue weighted by Crippen LogP contribution is -2.59. The van der Waals surface area contributed by atoms with Crippen molar-refractivity contribution in [1.82, 2.24) is 20.0 Å². The lowest BCUT2D eigenvalue weighted by atomic mass is 9.86. The Morgan fingerprint density at radius 2 is 0.688 bits per heavy atom. The van der Waals surface area contributed by atoms with Crippen LogP contribution in [0.2, 0.25) is 0 Å². The van der Waals surface area contributed by atoms with Crippen molar-refractivity contribution in [3.8, 4) is 0 Å². The van der Waals surface area contributed by atoms with Gasteiger partial charge in [-0.1, -0.05) is 91.9 Å². The molecular formula is C40H60N4O4. The Kier molecular flexibility index (Phi) is 13.4. The van der Waals surface area contributed by atoms with E-state index in [1.54, 1.807) is 24.3 Å². The van der Waals surface area contributed by atoms with Crippen LogP contribution in [-0.4, -0.2) is 67.8 Å². The van der Waals surface area contributed by atoms with E-state index in [9.17, 15) is 19.2 Å². The van der Waals surface area contributed by atoms with Gasteiger partial charge in [-0.25, -0.2) is 20.0 Å². The lowest BCUT2D eigenvalue weighted by molar-refractivity contribution is -0.0487. The van der Waals surface area contributed by atoms with Crippen molar-refractivity contribution in [3.63, 3.8) is 0 Å². The molecule has 48 heavy (non-hydrogen) atoms. The molecule has 0 saturated heterocycles. The number of benzene rings is 2.